The van der Waals surface area contributed by atoms with Crippen LogP contribution in [-0.4, -0.2) is 46.0 Å². The Morgan fingerprint density at radius 1 is 1.52 bits per heavy atom. The Kier molecular flexibility index (Phi) is 4.12. The van der Waals surface area contributed by atoms with Gasteiger partial charge in [-0.2, -0.15) is 0 Å². The van der Waals surface area contributed by atoms with Crippen LogP contribution in [0.3, 0.4) is 0 Å². The van der Waals surface area contributed by atoms with Crippen molar-refractivity contribution in [3.05, 3.63) is 35.2 Å². The van der Waals surface area contributed by atoms with Gasteiger partial charge in [-0.3, -0.25) is 9.20 Å². The topological polar surface area (TPSA) is 46.8 Å². The molecule has 0 bridgehead atoms. The molecular formula is C15H18ClN3O2. The Morgan fingerprint density at radius 2 is 2.38 bits per heavy atom. The quantitative estimate of drug-likeness (QED) is 0.876. The number of aromatic nitrogens is 2. The molecule has 1 amide bonds. The molecule has 6 heteroatoms. The van der Waals surface area contributed by atoms with Gasteiger partial charge in [0.2, 0.25) is 0 Å². The zero-order valence-electron chi connectivity index (χ0n) is 12.0. The first-order chi connectivity index (χ1) is 10.2. The summed E-state index contributed by atoms with van der Waals surface area (Å²) in [5.74, 6) is -0.0805. The molecule has 1 atom stereocenters. The summed E-state index contributed by atoms with van der Waals surface area (Å²) in [5, 5.41) is 0.254. The van der Waals surface area contributed by atoms with Gasteiger partial charge < -0.3 is 9.64 Å². The molecule has 1 aliphatic heterocycles. The zero-order valence-corrected chi connectivity index (χ0v) is 12.7. The summed E-state index contributed by atoms with van der Waals surface area (Å²) in [5.41, 5.74) is 1.12. The Morgan fingerprint density at radius 3 is 3.19 bits per heavy atom. The second-order valence-corrected chi connectivity index (χ2v) is 5.51. The summed E-state index contributed by atoms with van der Waals surface area (Å²) < 4.78 is 7.39. The highest BCUT2D eigenvalue weighted by Gasteiger charge is 2.28. The number of imidazole rings is 1. The average Bonchev–Trinajstić information content (AvgIpc) is 2.83. The number of piperidine rings is 1. The molecule has 0 radical (unpaired) electrons. The minimum absolute atomic E-state index is 0.0805. The lowest BCUT2D eigenvalue weighted by Crippen LogP contribution is -2.43. The molecule has 21 heavy (non-hydrogen) atoms. The van der Waals surface area contributed by atoms with Gasteiger partial charge >= 0.3 is 0 Å². The standard InChI is InChI=1S/C15H18ClN3O2/c1-2-21-11-6-5-8-18(10-11)15(20)13-14(16)17-12-7-3-4-9-19(12)13/h3-4,7,9,11H,2,5-6,8,10H2,1H3. The molecule has 3 rings (SSSR count). The third-order valence-corrected chi connectivity index (χ3v) is 4.02. The van der Waals surface area contributed by atoms with Crippen molar-refractivity contribution in [3.8, 4) is 0 Å². The molecule has 112 valence electrons. The van der Waals surface area contributed by atoms with Crippen LogP contribution in [0.15, 0.2) is 24.4 Å². The highest BCUT2D eigenvalue weighted by Crippen LogP contribution is 2.22. The fourth-order valence-corrected chi connectivity index (χ4v) is 3.06. The van der Waals surface area contributed by atoms with E-state index < -0.39 is 0 Å². The molecule has 3 heterocycles. The smallest absolute Gasteiger partial charge is 0.274 e. The van der Waals surface area contributed by atoms with Crippen LogP contribution in [0.25, 0.3) is 5.65 Å². The van der Waals surface area contributed by atoms with Crippen molar-refractivity contribution in [2.24, 2.45) is 0 Å². The number of ether oxygens (including phenoxy) is 1. The summed E-state index contributed by atoms with van der Waals surface area (Å²) in [7, 11) is 0. The van der Waals surface area contributed by atoms with Crippen LogP contribution in [0.1, 0.15) is 30.3 Å². The van der Waals surface area contributed by atoms with E-state index in [4.69, 9.17) is 16.3 Å². The van der Waals surface area contributed by atoms with E-state index in [0.29, 0.717) is 24.5 Å². The van der Waals surface area contributed by atoms with Crippen LogP contribution >= 0.6 is 11.6 Å². The molecular weight excluding hydrogens is 290 g/mol. The Labute approximate surface area is 128 Å². The van der Waals surface area contributed by atoms with Crippen LogP contribution in [-0.2, 0) is 4.74 Å². The largest absolute Gasteiger partial charge is 0.377 e. The van der Waals surface area contributed by atoms with Crippen molar-refractivity contribution >= 4 is 23.2 Å². The molecule has 1 saturated heterocycles. The number of likely N-dealkylation sites (tertiary alicyclic amines) is 1. The predicted octanol–water partition coefficient (Wildman–Crippen LogP) is 2.63. The van der Waals surface area contributed by atoms with Gasteiger partial charge in [-0.25, -0.2) is 4.98 Å². The normalized spacial score (nSPS) is 19.1. The summed E-state index contributed by atoms with van der Waals surface area (Å²) in [6.45, 7) is 3.99. The first kappa shape index (κ1) is 14.4. The molecule has 1 aliphatic rings. The molecule has 0 saturated carbocycles. The number of rotatable bonds is 3. The highest BCUT2D eigenvalue weighted by atomic mass is 35.5. The molecule has 0 aliphatic carbocycles. The molecule has 1 unspecified atom stereocenters. The van der Waals surface area contributed by atoms with Gasteiger partial charge in [-0.1, -0.05) is 17.7 Å². The number of pyridine rings is 1. The number of hydrogen-bond donors (Lipinski definition) is 0. The lowest BCUT2D eigenvalue weighted by Gasteiger charge is -2.32. The van der Waals surface area contributed by atoms with Gasteiger partial charge in [0.15, 0.2) is 10.8 Å². The van der Waals surface area contributed by atoms with Crippen LogP contribution in [0.4, 0.5) is 0 Å². The Hall–Kier alpha value is -1.59. The lowest BCUT2D eigenvalue weighted by molar-refractivity contribution is 0.00700. The van der Waals surface area contributed by atoms with Gasteiger partial charge in [0, 0.05) is 25.9 Å². The Bertz CT molecular complexity index is 653. The van der Waals surface area contributed by atoms with Crippen molar-refractivity contribution in [3.63, 3.8) is 0 Å². The van der Waals surface area contributed by atoms with Crippen LogP contribution in [0.2, 0.25) is 5.15 Å². The number of hydrogen-bond acceptors (Lipinski definition) is 3. The van der Waals surface area contributed by atoms with Crippen molar-refractivity contribution in [1.82, 2.24) is 14.3 Å². The second-order valence-electron chi connectivity index (χ2n) is 5.15. The maximum atomic E-state index is 12.8. The van der Waals surface area contributed by atoms with Crippen molar-refractivity contribution in [2.75, 3.05) is 19.7 Å². The zero-order chi connectivity index (χ0) is 14.8. The number of nitrogens with zero attached hydrogens (tertiary/aromatic N) is 3. The minimum atomic E-state index is -0.0805. The van der Waals surface area contributed by atoms with Gasteiger partial charge in [0.25, 0.3) is 5.91 Å². The van der Waals surface area contributed by atoms with Gasteiger partial charge in [0.05, 0.1) is 6.10 Å². The van der Waals surface area contributed by atoms with Crippen LogP contribution < -0.4 is 0 Å². The monoisotopic (exact) mass is 307 g/mol. The fraction of sp³-hybridized carbons (Fsp3) is 0.467. The third kappa shape index (κ3) is 2.76. The van der Waals surface area contributed by atoms with E-state index in [0.717, 1.165) is 19.4 Å². The molecule has 2 aromatic heterocycles. The van der Waals surface area contributed by atoms with Crippen molar-refractivity contribution in [1.29, 1.82) is 0 Å². The summed E-state index contributed by atoms with van der Waals surface area (Å²) in [6.07, 6.45) is 3.87. The van der Waals surface area contributed by atoms with E-state index in [1.165, 1.54) is 0 Å². The van der Waals surface area contributed by atoms with Crippen LogP contribution in [0, 0.1) is 0 Å². The molecule has 0 N–H and O–H groups in total. The van der Waals surface area contributed by atoms with E-state index in [1.807, 2.05) is 36.2 Å². The number of carbonyl (C=O) groups excluding carboxylic acids is 1. The first-order valence-corrected chi connectivity index (χ1v) is 7.62. The maximum Gasteiger partial charge on any atom is 0.274 e. The molecule has 5 nitrogen and oxygen atoms in total. The summed E-state index contributed by atoms with van der Waals surface area (Å²) in [6, 6.07) is 5.57. The van der Waals surface area contributed by atoms with E-state index in [1.54, 1.807) is 4.40 Å². The van der Waals surface area contributed by atoms with Crippen molar-refractivity contribution < 1.29 is 9.53 Å². The van der Waals surface area contributed by atoms with Gasteiger partial charge in [-0.05, 0) is 31.9 Å². The molecule has 0 aromatic carbocycles. The predicted molar refractivity (Wildman–Crippen MR) is 80.8 cm³/mol. The number of carbonyl (C=O) groups is 1. The summed E-state index contributed by atoms with van der Waals surface area (Å²) >= 11 is 6.17. The van der Waals surface area contributed by atoms with Crippen molar-refractivity contribution in [2.45, 2.75) is 25.9 Å². The van der Waals surface area contributed by atoms with Crippen LogP contribution in [0.5, 0.6) is 0 Å². The lowest BCUT2D eigenvalue weighted by atomic mass is 10.1. The molecule has 0 spiro atoms. The van der Waals surface area contributed by atoms with E-state index in [2.05, 4.69) is 4.98 Å². The average molecular weight is 308 g/mol. The van der Waals surface area contributed by atoms with E-state index >= 15 is 0 Å². The summed E-state index contributed by atoms with van der Waals surface area (Å²) in [4.78, 5) is 18.8. The number of amides is 1. The number of halogens is 1. The number of fused-ring (bicyclic) bond motifs is 1. The second kappa shape index (κ2) is 6.03. The van der Waals surface area contributed by atoms with E-state index in [9.17, 15) is 4.79 Å². The van der Waals surface area contributed by atoms with E-state index in [-0.39, 0.29) is 17.2 Å². The first-order valence-electron chi connectivity index (χ1n) is 7.24. The fourth-order valence-electron chi connectivity index (χ4n) is 2.80. The molecule has 1 fully saturated rings. The maximum absolute atomic E-state index is 12.8. The van der Waals surface area contributed by atoms with Gasteiger partial charge in [-0.15, -0.1) is 0 Å². The SMILES string of the molecule is CCOC1CCCN(C(=O)c2c(Cl)nc3ccccn23)C1. The highest BCUT2D eigenvalue weighted by molar-refractivity contribution is 6.32. The Balaban J connectivity index is 1.88. The van der Waals surface area contributed by atoms with Gasteiger partial charge in [0.1, 0.15) is 5.65 Å². The molecule has 2 aromatic rings. The minimum Gasteiger partial charge on any atom is -0.377 e. The third-order valence-electron chi connectivity index (χ3n) is 3.76.